The minimum Gasteiger partial charge on any atom is -0.487 e. The third kappa shape index (κ3) is 10.5. The van der Waals surface area contributed by atoms with Crippen LogP contribution in [0.25, 0.3) is 11.1 Å². The number of rotatable bonds is 22. The van der Waals surface area contributed by atoms with Gasteiger partial charge in [0.05, 0.1) is 23.3 Å². The SMILES string of the molecule is C=CC(=O)OCc1c(F)c(F)c(-c2c(F)c(F)c(OCCCCCCOCCC[Si](OCC)(OCC)OCC)c(F)c2F)c(F)c1F. The Morgan fingerprint density at radius 2 is 1.09 bits per heavy atom. The average Bonchev–Trinajstić information content (AvgIpc) is 3.04. The first-order chi connectivity index (χ1) is 22.4. The van der Waals surface area contributed by atoms with Gasteiger partial charge >= 0.3 is 14.8 Å². The standard InChI is InChI=1S/C31H38F8O7Si/c1-5-20(40)43-18-19-23(32)25(34)21(26(35)24(19)33)22-27(36)29(38)31(30(39)28(22)37)42-16-12-10-9-11-14-41-15-13-17-47(44-6-2,45-7-3)46-8-4/h5H,1,6-18H2,2-4H3. The van der Waals surface area contributed by atoms with Crippen LogP contribution in [0.15, 0.2) is 12.7 Å². The Labute approximate surface area is 269 Å². The van der Waals surface area contributed by atoms with Crippen LogP contribution >= 0.6 is 0 Å². The molecule has 0 radical (unpaired) electrons. The van der Waals surface area contributed by atoms with Crippen LogP contribution in [0.1, 0.15) is 58.4 Å². The molecular weight excluding hydrogens is 664 g/mol. The van der Waals surface area contributed by atoms with Crippen molar-refractivity contribution in [2.75, 3.05) is 39.6 Å². The molecule has 16 heteroatoms. The lowest BCUT2D eigenvalue weighted by molar-refractivity contribution is -0.139. The first-order valence-electron chi connectivity index (χ1n) is 15.0. The molecule has 0 N–H and O–H groups in total. The van der Waals surface area contributed by atoms with E-state index in [1.807, 2.05) is 20.8 Å². The molecule has 264 valence electrons. The molecule has 0 fully saturated rings. The first-order valence-corrected chi connectivity index (χ1v) is 17.0. The van der Waals surface area contributed by atoms with Crippen LogP contribution in [0.2, 0.25) is 6.04 Å². The summed E-state index contributed by atoms with van der Waals surface area (Å²) in [6.45, 7) is 9.26. The molecule has 2 aromatic carbocycles. The number of halogens is 8. The van der Waals surface area contributed by atoms with Crippen molar-refractivity contribution in [3.8, 4) is 16.9 Å². The number of benzene rings is 2. The number of unbranched alkanes of at least 4 members (excludes halogenated alkanes) is 3. The molecule has 0 saturated carbocycles. The normalized spacial score (nSPS) is 11.6. The zero-order valence-electron chi connectivity index (χ0n) is 26.4. The van der Waals surface area contributed by atoms with Gasteiger partial charge in [0.1, 0.15) is 6.61 Å². The van der Waals surface area contributed by atoms with E-state index in [2.05, 4.69) is 11.3 Å². The quantitative estimate of drug-likeness (QED) is 0.0307. The number of hydrogen-bond donors (Lipinski definition) is 0. The number of hydrogen-bond acceptors (Lipinski definition) is 7. The van der Waals surface area contributed by atoms with Crippen molar-refractivity contribution >= 4 is 14.8 Å². The Morgan fingerprint density at radius 1 is 0.638 bits per heavy atom. The van der Waals surface area contributed by atoms with Gasteiger partial charge in [0.25, 0.3) is 0 Å². The molecular formula is C31H38F8O7Si. The molecule has 0 bridgehead atoms. The van der Waals surface area contributed by atoms with Crippen molar-refractivity contribution in [1.29, 1.82) is 0 Å². The summed E-state index contributed by atoms with van der Waals surface area (Å²) >= 11 is 0. The summed E-state index contributed by atoms with van der Waals surface area (Å²) in [6, 6.07) is 0.605. The fourth-order valence-corrected chi connectivity index (χ4v) is 7.09. The van der Waals surface area contributed by atoms with E-state index in [1.54, 1.807) is 0 Å². The number of carbonyl (C=O) groups excluding carboxylic acids is 1. The van der Waals surface area contributed by atoms with Gasteiger partial charge in [0, 0.05) is 45.2 Å². The van der Waals surface area contributed by atoms with Gasteiger partial charge in [-0.1, -0.05) is 13.0 Å². The van der Waals surface area contributed by atoms with Crippen molar-refractivity contribution < 1.29 is 67.4 Å². The van der Waals surface area contributed by atoms with Gasteiger partial charge in [0.15, 0.2) is 40.7 Å². The third-order valence-corrected chi connectivity index (χ3v) is 9.80. The Morgan fingerprint density at radius 3 is 1.55 bits per heavy atom. The number of carbonyl (C=O) groups is 1. The fraction of sp³-hybridized carbons (Fsp3) is 0.516. The maximum absolute atomic E-state index is 14.8. The number of ether oxygens (including phenoxy) is 3. The topological polar surface area (TPSA) is 72.5 Å². The second-order valence-electron chi connectivity index (χ2n) is 9.84. The van der Waals surface area contributed by atoms with Crippen LogP contribution in [0.5, 0.6) is 5.75 Å². The van der Waals surface area contributed by atoms with E-state index in [1.165, 1.54) is 0 Å². The van der Waals surface area contributed by atoms with Crippen molar-refractivity contribution in [2.24, 2.45) is 0 Å². The molecule has 0 aliphatic carbocycles. The molecule has 47 heavy (non-hydrogen) atoms. The van der Waals surface area contributed by atoms with Crippen molar-refractivity contribution in [3.63, 3.8) is 0 Å². The van der Waals surface area contributed by atoms with Gasteiger partial charge in [-0.15, -0.1) is 0 Å². The zero-order chi connectivity index (χ0) is 35.1. The second-order valence-corrected chi connectivity index (χ2v) is 12.6. The lowest BCUT2D eigenvalue weighted by Crippen LogP contribution is -2.46. The molecule has 0 aliphatic heterocycles. The van der Waals surface area contributed by atoms with Gasteiger partial charge in [-0.25, -0.2) is 31.1 Å². The van der Waals surface area contributed by atoms with Gasteiger partial charge < -0.3 is 27.5 Å². The van der Waals surface area contributed by atoms with Crippen LogP contribution in [-0.2, 0) is 34.2 Å². The molecule has 0 saturated heterocycles. The summed E-state index contributed by atoms with van der Waals surface area (Å²) in [4.78, 5) is 11.1. The Bertz CT molecular complexity index is 1290. The van der Waals surface area contributed by atoms with E-state index in [9.17, 15) is 39.9 Å². The maximum atomic E-state index is 14.8. The highest BCUT2D eigenvalue weighted by Crippen LogP contribution is 2.40. The van der Waals surface area contributed by atoms with E-state index in [0.717, 1.165) is 0 Å². The summed E-state index contributed by atoms with van der Waals surface area (Å²) in [5.74, 6) is -20.9. The number of esters is 1. The van der Waals surface area contributed by atoms with Crippen LogP contribution in [0.4, 0.5) is 35.1 Å². The summed E-state index contributed by atoms with van der Waals surface area (Å²) in [7, 11) is -2.74. The Kier molecular flexibility index (Phi) is 16.8. The maximum Gasteiger partial charge on any atom is 0.501 e. The highest BCUT2D eigenvalue weighted by atomic mass is 28.4. The highest BCUT2D eigenvalue weighted by molar-refractivity contribution is 6.60. The van der Waals surface area contributed by atoms with Crippen LogP contribution in [0, 0.1) is 46.5 Å². The molecule has 0 aliphatic rings. The Hall–Kier alpha value is -3.05. The van der Waals surface area contributed by atoms with Gasteiger partial charge in [-0.3, -0.25) is 0 Å². The summed E-state index contributed by atoms with van der Waals surface area (Å²) in [5.41, 5.74) is -5.52. The minimum atomic E-state index is -2.74. The first kappa shape index (κ1) is 40.1. The zero-order valence-corrected chi connectivity index (χ0v) is 27.4. The largest absolute Gasteiger partial charge is 0.501 e. The van der Waals surface area contributed by atoms with Crippen LogP contribution < -0.4 is 4.74 Å². The van der Waals surface area contributed by atoms with E-state index in [-0.39, 0.29) is 13.0 Å². The van der Waals surface area contributed by atoms with E-state index >= 15 is 0 Å². The predicted octanol–water partition coefficient (Wildman–Crippen LogP) is 8.09. The lowest BCUT2D eigenvalue weighted by atomic mass is 9.99. The van der Waals surface area contributed by atoms with Crippen LogP contribution in [0.3, 0.4) is 0 Å². The fourth-order valence-electron chi connectivity index (χ4n) is 4.51. The molecule has 2 rings (SSSR count). The molecule has 0 atom stereocenters. The summed E-state index contributed by atoms with van der Waals surface area (Å²) in [5, 5.41) is 0. The average molecular weight is 703 g/mol. The van der Waals surface area contributed by atoms with Gasteiger partial charge in [-0.05, 0) is 46.5 Å². The molecule has 0 heterocycles. The summed E-state index contributed by atoms with van der Waals surface area (Å²) in [6.07, 6.45) is 3.25. The smallest absolute Gasteiger partial charge is 0.487 e. The van der Waals surface area contributed by atoms with Gasteiger partial charge in [-0.2, -0.15) is 8.78 Å². The van der Waals surface area contributed by atoms with Crippen molar-refractivity contribution in [2.45, 2.75) is 65.5 Å². The molecule has 0 aromatic heterocycles. The van der Waals surface area contributed by atoms with Crippen LogP contribution in [-0.4, -0.2) is 54.4 Å². The highest BCUT2D eigenvalue weighted by Gasteiger charge is 2.39. The van der Waals surface area contributed by atoms with E-state index in [0.29, 0.717) is 70.8 Å². The van der Waals surface area contributed by atoms with E-state index in [4.69, 9.17) is 22.8 Å². The third-order valence-electron chi connectivity index (χ3n) is 6.65. The summed E-state index contributed by atoms with van der Waals surface area (Å²) < 4.78 is 150. The predicted molar refractivity (Wildman–Crippen MR) is 156 cm³/mol. The van der Waals surface area contributed by atoms with Gasteiger partial charge in [0.2, 0.25) is 11.6 Å². The Balaban J connectivity index is 1.95. The molecule has 7 nitrogen and oxygen atoms in total. The second kappa shape index (κ2) is 19.7. The molecule has 0 amide bonds. The minimum absolute atomic E-state index is 0.215. The molecule has 0 spiro atoms. The van der Waals surface area contributed by atoms with E-state index < -0.39 is 90.4 Å². The monoisotopic (exact) mass is 702 g/mol. The lowest BCUT2D eigenvalue weighted by Gasteiger charge is -2.28. The molecule has 0 unspecified atom stereocenters. The van der Waals surface area contributed by atoms with Crippen molar-refractivity contribution in [1.82, 2.24) is 0 Å². The molecule has 2 aromatic rings. The van der Waals surface area contributed by atoms with Crippen molar-refractivity contribution in [3.05, 3.63) is 64.8 Å².